The fourth-order valence-electron chi connectivity index (χ4n) is 7.84. The van der Waals surface area contributed by atoms with Crippen molar-refractivity contribution < 1.29 is 28.6 Å². The lowest BCUT2D eigenvalue weighted by Gasteiger charge is -2.18. The summed E-state index contributed by atoms with van der Waals surface area (Å²) in [5.74, 6) is -0.877. The predicted molar refractivity (Wildman–Crippen MR) is 261 cm³/mol. The molecular weight excluding hydrogens is 757 g/mol. The maximum atomic E-state index is 12.8. The minimum Gasteiger partial charge on any atom is -0.462 e. The summed E-state index contributed by atoms with van der Waals surface area (Å²) in [6.07, 6.45) is 57.3. The highest BCUT2D eigenvalue weighted by molar-refractivity contribution is 5.71. The average molecular weight is 859 g/mol. The van der Waals surface area contributed by atoms with E-state index in [0.29, 0.717) is 19.3 Å². The summed E-state index contributed by atoms with van der Waals surface area (Å²) in [5, 5.41) is 0. The van der Waals surface area contributed by atoms with Crippen LogP contribution in [0.25, 0.3) is 0 Å². The number of hydrogen-bond donors (Lipinski definition) is 0. The van der Waals surface area contributed by atoms with Crippen molar-refractivity contribution in [3.05, 3.63) is 24.3 Å². The number of hydrogen-bond acceptors (Lipinski definition) is 6. The summed E-state index contributed by atoms with van der Waals surface area (Å²) >= 11 is 0. The smallest absolute Gasteiger partial charge is 0.306 e. The van der Waals surface area contributed by atoms with Gasteiger partial charge in [-0.3, -0.25) is 14.4 Å². The van der Waals surface area contributed by atoms with Crippen molar-refractivity contribution in [1.82, 2.24) is 0 Å². The highest BCUT2D eigenvalue weighted by Gasteiger charge is 2.19. The van der Waals surface area contributed by atoms with Crippen molar-refractivity contribution in [3.8, 4) is 0 Å². The van der Waals surface area contributed by atoms with E-state index in [1.165, 1.54) is 180 Å². The molecule has 0 aromatic rings. The molecule has 0 aliphatic rings. The van der Waals surface area contributed by atoms with Gasteiger partial charge in [0.25, 0.3) is 0 Å². The topological polar surface area (TPSA) is 78.9 Å². The molecular formula is C55H102O6. The molecule has 0 bridgehead atoms. The number of carbonyl (C=O) groups excluding carboxylic acids is 3. The molecule has 358 valence electrons. The first-order chi connectivity index (χ1) is 30.0. The first kappa shape index (κ1) is 58.9. The number of esters is 3. The lowest BCUT2D eigenvalue weighted by molar-refractivity contribution is -0.167. The van der Waals surface area contributed by atoms with E-state index in [4.69, 9.17) is 14.2 Å². The van der Waals surface area contributed by atoms with E-state index in [2.05, 4.69) is 45.1 Å². The van der Waals surface area contributed by atoms with E-state index >= 15 is 0 Å². The minimum atomic E-state index is -0.772. The summed E-state index contributed by atoms with van der Waals surface area (Å²) < 4.78 is 16.8. The molecule has 0 spiro atoms. The third-order valence-electron chi connectivity index (χ3n) is 11.9. The number of unbranched alkanes of at least 4 members (excludes halogenated alkanes) is 34. The van der Waals surface area contributed by atoms with Gasteiger partial charge in [0.2, 0.25) is 0 Å². The maximum Gasteiger partial charge on any atom is 0.306 e. The molecule has 61 heavy (non-hydrogen) atoms. The normalized spacial score (nSPS) is 12.1. The van der Waals surface area contributed by atoms with Crippen LogP contribution in [0.15, 0.2) is 24.3 Å². The van der Waals surface area contributed by atoms with Crippen molar-refractivity contribution in [1.29, 1.82) is 0 Å². The Labute approximate surface area is 379 Å². The van der Waals surface area contributed by atoms with E-state index in [1.807, 2.05) is 0 Å². The van der Waals surface area contributed by atoms with Crippen molar-refractivity contribution in [2.45, 2.75) is 297 Å². The van der Waals surface area contributed by atoms with Gasteiger partial charge in [-0.15, -0.1) is 0 Å². The quantitative estimate of drug-likeness (QED) is 0.0262. The molecule has 0 aliphatic heterocycles. The van der Waals surface area contributed by atoms with E-state index in [1.54, 1.807) is 0 Å². The van der Waals surface area contributed by atoms with Gasteiger partial charge in [-0.1, -0.05) is 225 Å². The Morgan fingerprint density at radius 3 is 0.852 bits per heavy atom. The summed E-state index contributed by atoms with van der Waals surface area (Å²) in [6, 6.07) is 0. The fourth-order valence-corrected chi connectivity index (χ4v) is 7.84. The van der Waals surface area contributed by atoms with Crippen LogP contribution < -0.4 is 0 Å². The van der Waals surface area contributed by atoms with Gasteiger partial charge in [-0.05, 0) is 70.6 Å². The highest BCUT2D eigenvalue weighted by Crippen LogP contribution is 2.16. The molecule has 6 nitrogen and oxygen atoms in total. The molecule has 0 aliphatic carbocycles. The van der Waals surface area contributed by atoms with Crippen LogP contribution in [0.2, 0.25) is 0 Å². The molecule has 6 heteroatoms. The van der Waals surface area contributed by atoms with Gasteiger partial charge < -0.3 is 14.2 Å². The number of rotatable bonds is 49. The first-order valence-electron chi connectivity index (χ1n) is 26.8. The Bertz CT molecular complexity index is 989. The van der Waals surface area contributed by atoms with Crippen LogP contribution in [0.5, 0.6) is 0 Å². The SMILES string of the molecule is CCCCC/C=C\CCCCCCCC(=O)OCC(COC(=O)CCCCCCC/C=C\CCCCCCCCCCC)OC(=O)CCCCCCCCCCCCCCC. The van der Waals surface area contributed by atoms with E-state index < -0.39 is 6.10 Å². The van der Waals surface area contributed by atoms with Crippen LogP contribution in [0.4, 0.5) is 0 Å². The van der Waals surface area contributed by atoms with Crippen molar-refractivity contribution in [2.75, 3.05) is 13.2 Å². The van der Waals surface area contributed by atoms with Crippen LogP contribution in [0, 0.1) is 0 Å². The summed E-state index contributed by atoms with van der Waals surface area (Å²) in [6.45, 7) is 6.63. The van der Waals surface area contributed by atoms with Crippen LogP contribution >= 0.6 is 0 Å². The van der Waals surface area contributed by atoms with Crippen molar-refractivity contribution >= 4 is 17.9 Å². The summed E-state index contributed by atoms with van der Waals surface area (Å²) in [4.78, 5) is 38.0. The molecule has 1 atom stereocenters. The maximum absolute atomic E-state index is 12.8. The van der Waals surface area contributed by atoms with Crippen molar-refractivity contribution in [3.63, 3.8) is 0 Å². The zero-order chi connectivity index (χ0) is 44.4. The molecule has 0 aromatic heterocycles. The molecule has 0 rings (SSSR count). The monoisotopic (exact) mass is 859 g/mol. The van der Waals surface area contributed by atoms with Gasteiger partial charge in [-0.25, -0.2) is 0 Å². The Morgan fingerprint density at radius 1 is 0.311 bits per heavy atom. The molecule has 0 fully saturated rings. The van der Waals surface area contributed by atoms with Crippen molar-refractivity contribution in [2.24, 2.45) is 0 Å². The van der Waals surface area contributed by atoms with Gasteiger partial charge in [0.1, 0.15) is 13.2 Å². The fraction of sp³-hybridized carbons (Fsp3) is 0.873. The number of ether oxygens (including phenoxy) is 3. The first-order valence-corrected chi connectivity index (χ1v) is 26.8. The minimum absolute atomic E-state index is 0.0745. The Hall–Kier alpha value is -2.11. The number of carbonyl (C=O) groups is 3. The second kappa shape index (κ2) is 50.5. The van der Waals surface area contributed by atoms with Crippen LogP contribution in [0.3, 0.4) is 0 Å². The zero-order valence-corrected chi connectivity index (χ0v) is 40.9. The molecule has 0 amide bonds. The molecule has 0 heterocycles. The largest absolute Gasteiger partial charge is 0.462 e. The van der Waals surface area contributed by atoms with E-state index in [0.717, 1.165) is 70.6 Å². The van der Waals surface area contributed by atoms with Gasteiger partial charge >= 0.3 is 17.9 Å². The van der Waals surface area contributed by atoms with Crippen LogP contribution in [-0.2, 0) is 28.6 Å². The van der Waals surface area contributed by atoms with Gasteiger partial charge in [-0.2, -0.15) is 0 Å². The second-order valence-corrected chi connectivity index (χ2v) is 18.1. The van der Waals surface area contributed by atoms with Crippen LogP contribution in [-0.4, -0.2) is 37.2 Å². The Kier molecular flexibility index (Phi) is 48.8. The molecule has 0 aromatic carbocycles. The lowest BCUT2D eigenvalue weighted by atomic mass is 10.0. The molecule has 0 radical (unpaired) electrons. The number of allylic oxidation sites excluding steroid dienone is 4. The third-order valence-corrected chi connectivity index (χ3v) is 11.9. The summed E-state index contributed by atoms with van der Waals surface area (Å²) in [5.41, 5.74) is 0. The average Bonchev–Trinajstić information content (AvgIpc) is 3.26. The standard InChI is InChI=1S/C55H102O6/c1-4-7-10-13-16-19-22-25-26-27-28-29-31-33-36-39-42-45-48-54(57)60-51-52(50-59-53(56)47-44-41-38-35-32-24-21-18-15-12-9-6-3)61-55(58)49-46-43-40-37-34-30-23-20-17-14-11-8-5-2/h18,21,28-29,52H,4-17,19-20,22-27,30-51H2,1-3H3/b21-18-,29-28-. The van der Waals surface area contributed by atoms with Crippen LogP contribution in [0.1, 0.15) is 290 Å². The molecule has 1 unspecified atom stereocenters. The second-order valence-electron chi connectivity index (χ2n) is 18.1. The van der Waals surface area contributed by atoms with E-state index in [-0.39, 0.29) is 31.1 Å². The predicted octanol–water partition coefficient (Wildman–Crippen LogP) is 17.5. The lowest BCUT2D eigenvalue weighted by Crippen LogP contribution is -2.30. The van der Waals surface area contributed by atoms with E-state index in [9.17, 15) is 14.4 Å². The summed E-state index contributed by atoms with van der Waals surface area (Å²) in [7, 11) is 0. The molecule has 0 saturated heterocycles. The van der Waals surface area contributed by atoms with Gasteiger partial charge in [0.05, 0.1) is 0 Å². The Morgan fingerprint density at radius 2 is 0.541 bits per heavy atom. The Balaban J connectivity index is 4.32. The molecule has 0 N–H and O–H groups in total. The zero-order valence-electron chi connectivity index (χ0n) is 40.9. The molecule has 0 saturated carbocycles. The van der Waals surface area contributed by atoms with Gasteiger partial charge in [0.15, 0.2) is 6.10 Å². The third kappa shape index (κ3) is 48.8. The van der Waals surface area contributed by atoms with Gasteiger partial charge in [0, 0.05) is 19.3 Å². The highest BCUT2D eigenvalue weighted by atomic mass is 16.6.